The maximum absolute atomic E-state index is 13.0. The Balaban J connectivity index is 1.34. The molecule has 0 aromatic heterocycles. The lowest BCUT2D eigenvalue weighted by atomic mass is 9.94. The summed E-state index contributed by atoms with van der Waals surface area (Å²) < 4.78 is 5.61. The van der Waals surface area contributed by atoms with Crippen LogP contribution in [-0.4, -0.2) is 53.7 Å². The van der Waals surface area contributed by atoms with Crippen LogP contribution in [0.3, 0.4) is 0 Å². The molecule has 2 aliphatic rings. The lowest BCUT2D eigenvalue weighted by Gasteiger charge is -2.30. The number of nitrogens with one attached hydrogen (secondary N) is 1. The average molecular weight is 465 g/mol. The number of nitrogens with zero attached hydrogens (tertiary/aromatic N) is 1. The largest absolute Gasteiger partial charge is 0.480 e. The maximum atomic E-state index is 13.0. The van der Waals surface area contributed by atoms with Crippen molar-refractivity contribution in [3.63, 3.8) is 0 Å². The van der Waals surface area contributed by atoms with Gasteiger partial charge in [0.1, 0.15) is 13.2 Å². The molecule has 0 aliphatic heterocycles. The van der Waals surface area contributed by atoms with E-state index < -0.39 is 12.1 Å². The zero-order valence-electron chi connectivity index (χ0n) is 19.7. The van der Waals surface area contributed by atoms with E-state index in [1.54, 1.807) is 0 Å². The Kier molecular flexibility index (Phi) is 7.20. The highest BCUT2D eigenvalue weighted by atomic mass is 16.5. The topological polar surface area (TPSA) is 95.9 Å². The van der Waals surface area contributed by atoms with E-state index in [1.807, 2.05) is 38.1 Å². The van der Waals surface area contributed by atoms with Gasteiger partial charge in [0, 0.05) is 24.4 Å². The second-order valence-corrected chi connectivity index (χ2v) is 9.46. The number of alkyl carbamates (subject to hydrolysis) is 1. The quantitative estimate of drug-likeness (QED) is 0.609. The van der Waals surface area contributed by atoms with Crippen molar-refractivity contribution in [2.45, 2.75) is 45.1 Å². The Morgan fingerprint density at radius 2 is 1.65 bits per heavy atom. The first-order chi connectivity index (χ1) is 16.4. The average Bonchev–Trinajstić information content (AvgIpc) is 3.42. The van der Waals surface area contributed by atoms with Crippen molar-refractivity contribution in [2.24, 2.45) is 11.8 Å². The van der Waals surface area contributed by atoms with Crippen LogP contribution < -0.4 is 5.32 Å². The zero-order chi connectivity index (χ0) is 24.2. The van der Waals surface area contributed by atoms with Crippen LogP contribution in [-0.2, 0) is 14.3 Å². The molecule has 4 rings (SSSR count). The molecule has 2 amide bonds. The number of carbonyl (C=O) groups excluding carboxylic acids is 2. The number of ether oxygens (including phenoxy) is 1. The van der Waals surface area contributed by atoms with Crippen molar-refractivity contribution in [1.82, 2.24) is 10.2 Å². The molecule has 7 nitrogen and oxygen atoms in total. The summed E-state index contributed by atoms with van der Waals surface area (Å²) >= 11 is 0. The van der Waals surface area contributed by atoms with E-state index >= 15 is 0 Å². The number of aliphatic carboxylic acids is 1. The fourth-order valence-corrected chi connectivity index (χ4v) is 5.34. The first kappa shape index (κ1) is 23.8. The van der Waals surface area contributed by atoms with Gasteiger partial charge in [-0.2, -0.15) is 0 Å². The zero-order valence-corrected chi connectivity index (χ0v) is 19.7. The predicted molar refractivity (Wildman–Crippen MR) is 128 cm³/mol. The van der Waals surface area contributed by atoms with E-state index in [4.69, 9.17) is 4.74 Å². The number of amides is 2. The summed E-state index contributed by atoms with van der Waals surface area (Å²) in [4.78, 5) is 38.2. The molecule has 34 heavy (non-hydrogen) atoms. The van der Waals surface area contributed by atoms with Gasteiger partial charge in [-0.25, -0.2) is 4.79 Å². The Hall–Kier alpha value is -3.35. The molecule has 2 aromatic rings. The number of hydrogen-bond donors (Lipinski definition) is 2. The third-order valence-corrected chi connectivity index (χ3v) is 7.04. The number of fused-ring (bicyclic) bond motifs is 3. The Morgan fingerprint density at radius 3 is 2.24 bits per heavy atom. The summed E-state index contributed by atoms with van der Waals surface area (Å²) in [6, 6.07) is 16.2. The highest BCUT2D eigenvalue weighted by Crippen LogP contribution is 2.44. The van der Waals surface area contributed by atoms with Gasteiger partial charge in [0.15, 0.2) is 0 Å². The smallest absolute Gasteiger partial charge is 0.407 e. The number of carbonyl (C=O) groups is 3. The summed E-state index contributed by atoms with van der Waals surface area (Å²) in [6.45, 7) is 3.91. The minimum absolute atomic E-state index is 0.00502. The second kappa shape index (κ2) is 10.3. The van der Waals surface area contributed by atoms with Crippen LogP contribution in [0, 0.1) is 11.8 Å². The monoisotopic (exact) mass is 464 g/mol. The fourth-order valence-electron chi connectivity index (χ4n) is 5.34. The van der Waals surface area contributed by atoms with Crippen molar-refractivity contribution < 1.29 is 24.2 Å². The molecule has 180 valence electrons. The van der Waals surface area contributed by atoms with E-state index in [0.29, 0.717) is 13.0 Å². The standard InChI is InChI=1S/C27H32N2O5/c1-17(2)29(15-25(30)31)26(32)19-13-7-8-18(19)14-28-27(33)34-16-24-22-11-5-3-9-20(22)21-10-4-6-12-23(21)24/h3-6,9-12,17-19,24H,7-8,13-16H2,1-2H3,(H,28,33)(H,30,31)/t18-,19-/m1/s1. The number of hydrogen-bond acceptors (Lipinski definition) is 4. The molecule has 7 heteroatoms. The molecule has 0 heterocycles. The van der Waals surface area contributed by atoms with Crippen LogP contribution in [0.1, 0.15) is 50.2 Å². The van der Waals surface area contributed by atoms with Crippen LogP contribution in [0.15, 0.2) is 48.5 Å². The summed E-state index contributed by atoms with van der Waals surface area (Å²) in [6.07, 6.45) is 1.91. The minimum Gasteiger partial charge on any atom is -0.480 e. The van der Waals surface area contributed by atoms with Gasteiger partial charge >= 0.3 is 12.1 Å². The van der Waals surface area contributed by atoms with Crippen LogP contribution in [0.2, 0.25) is 0 Å². The van der Waals surface area contributed by atoms with Crippen LogP contribution >= 0.6 is 0 Å². The summed E-state index contributed by atoms with van der Waals surface area (Å²) in [5, 5.41) is 12.0. The molecular weight excluding hydrogens is 432 g/mol. The molecule has 0 unspecified atom stereocenters. The SMILES string of the molecule is CC(C)N(CC(=O)O)C(=O)[C@@H]1CCC[C@@H]1CNC(=O)OCC1c2ccccc2-c2ccccc21. The van der Waals surface area contributed by atoms with Gasteiger partial charge < -0.3 is 20.1 Å². The number of carboxylic acid groups (broad SMARTS) is 1. The van der Waals surface area contributed by atoms with Gasteiger partial charge in [-0.15, -0.1) is 0 Å². The van der Waals surface area contributed by atoms with Crippen molar-refractivity contribution in [3.8, 4) is 11.1 Å². The molecule has 0 radical (unpaired) electrons. The van der Waals surface area contributed by atoms with Crippen molar-refractivity contribution >= 4 is 18.0 Å². The predicted octanol–water partition coefficient (Wildman–Crippen LogP) is 4.26. The Labute approximate surface area is 200 Å². The second-order valence-electron chi connectivity index (χ2n) is 9.46. The van der Waals surface area contributed by atoms with Crippen LogP contribution in [0.4, 0.5) is 4.79 Å². The van der Waals surface area contributed by atoms with Gasteiger partial charge in [-0.05, 0) is 54.9 Å². The lowest BCUT2D eigenvalue weighted by molar-refractivity contribution is -0.148. The molecule has 0 spiro atoms. The molecule has 1 fully saturated rings. The molecule has 2 aliphatic carbocycles. The summed E-state index contributed by atoms with van der Waals surface area (Å²) in [7, 11) is 0. The molecule has 0 bridgehead atoms. The first-order valence-corrected chi connectivity index (χ1v) is 12.0. The van der Waals surface area contributed by atoms with Gasteiger partial charge in [-0.1, -0.05) is 55.0 Å². The first-order valence-electron chi connectivity index (χ1n) is 12.0. The van der Waals surface area contributed by atoms with Crippen LogP contribution in [0.25, 0.3) is 11.1 Å². The van der Waals surface area contributed by atoms with E-state index in [9.17, 15) is 19.5 Å². The summed E-state index contributed by atoms with van der Waals surface area (Å²) in [5.41, 5.74) is 4.67. The third kappa shape index (κ3) is 4.93. The Morgan fingerprint density at radius 1 is 1.03 bits per heavy atom. The Bertz CT molecular complexity index is 1020. The number of benzene rings is 2. The summed E-state index contributed by atoms with van der Waals surface area (Å²) in [5.74, 6) is -1.48. The van der Waals surface area contributed by atoms with Crippen molar-refractivity contribution in [1.29, 1.82) is 0 Å². The molecular formula is C27H32N2O5. The van der Waals surface area contributed by atoms with Crippen LogP contribution in [0.5, 0.6) is 0 Å². The maximum Gasteiger partial charge on any atom is 0.407 e. The van der Waals surface area contributed by atoms with Crippen molar-refractivity contribution in [3.05, 3.63) is 59.7 Å². The highest BCUT2D eigenvalue weighted by Gasteiger charge is 2.37. The van der Waals surface area contributed by atoms with Gasteiger partial charge in [0.2, 0.25) is 5.91 Å². The van der Waals surface area contributed by atoms with E-state index in [0.717, 1.165) is 24.0 Å². The van der Waals surface area contributed by atoms with Gasteiger partial charge in [0.05, 0.1) is 0 Å². The molecule has 0 saturated heterocycles. The van der Waals surface area contributed by atoms with Crippen molar-refractivity contribution in [2.75, 3.05) is 19.7 Å². The number of carboxylic acids is 1. The molecule has 1 saturated carbocycles. The van der Waals surface area contributed by atoms with E-state index in [2.05, 4.69) is 29.6 Å². The lowest BCUT2D eigenvalue weighted by Crippen LogP contribution is -2.46. The fraction of sp³-hybridized carbons (Fsp3) is 0.444. The third-order valence-electron chi connectivity index (χ3n) is 7.04. The highest BCUT2D eigenvalue weighted by molar-refractivity contribution is 5.84. The molecule has 2 N–H and O–H groups in total. The van der Waals surface area contributed by atoms with Gasteiger partial charge in [-0.3, -0.25) is 9.59 Å². The minimum atomic E-state index is -1.02. The van der Waals surface area contributed by atoms with Gasteiger partial charge in [0.25, 0.3) is 0 Å². The molecule has 2 aromatic carbocycles. The number of rotatable bonds is 8. The normalized spacial score (nSPS) is 18.9. The van der Waals surface area contributed by atoms with E-state index in [-0.39, 0.29) is 42.9 Å². The molecule has 2 atom stereocenters. The van der Waals surface area contributed by atoms with E-state index in [1.165, 1.54) is 16.0 Å².